The molecule has 0 radical (unpaired) electrons. The van der Waals surface area contributed by atoms with Gasteiger partial charge < -0.3 is 5.32 Å². The predicted molar refractivity (Wildman–Crippen MR) is 65.4 cm³/mol. The summed E-state index contributed by atoms with van der Waals surface area (Å²) in [6.07, 6.45) is 2.53. The maximum Gasteiger partial charge on any atom is 0.0190 e. The Morgan fingerprint density at radius 3 is 2.73 bits per heavy atom. The predicted octanol–water partition coefficient (Wildman–Crippen LogP) is 3.02. The minimum Gasteiger partial charge on any atom is -0.314 e. The number of rotatable bonds is 2. The monoisotopic (exact) mass is 203 g/mol. The first-order chi connectivity index (χ1) is 7.04. The molecular formula is C14H21N. The number of benzene rings is 1. The van der Waals surface area contributed by atoms with Gasteiger partial charge in [-0.3, -0.25) is 0 Å². The van der Waals surface area contributed by atoms with Crippen molar-refractivity contribution in [3.05, 3.63) is 34.9 Å². The fourth-order valence-corrected chi connectivity index (χ4v) is 2.67. The van der Waals surface area contributed by atoms with Crippen LogP contribution >= 0.6 is 0 Å². The van der Waals surface area contributed by atoms with Crippen LogP contribution in [-0.2, 0) is 6.42 Å². The molecule has 0 aliphatic heterocycles. The van der Waals surface area contributed by atoms with E-state index in [-0.39, 0.29) is 5.54 Å². The third kappa shape index (κ3) is 1.81. The van der Waals surface area contributed by atoms with Crippen LogP contribution in [0.5, 0.6) is 0 Å². The topological polar surface area (TPSA) is 12.0 Å². The molecule has 1 aliphatic carbocycles. The molecule has 1 N–H and O–H groups in total. The lowest BCUT2D eigenvalue weighted by Gasteiger charge is -2.32. The first kappa shape index (κ1) is 10.7. The van der Waals surface area contributed by atoms with E-state index in [4.69, 9.17) is 0 Å². The van der Waals surface area contributed by atoms with E-state index in [0.29, 0.717) is 5.92 Å². The van der Waals surface area contributed by atoms with Crippen molar-refractivity contribution in [2.24, 2.45) is 0 Å². The average molecular weight is 203 g/mol. The fourth-order valence-electron chi connectivity index (χ4n) is 2.67. The van der Waals surface area contributed by atoms with E-state index in [1.165, 1.54) is 18.4 Å². The third-order valence-electron chi connectivity index (χ3n) is 3.89. The second kappa shape index (κ2) is 3.64. The van der Waals surface area contributed by atoms with Crippen molar-refractivity contribution in [1.29, 1.82) is 0 Å². The van der Waals surface area contributed by atoms with Gasteiger partial charge in [-0.05, 0) is 51.8 Å². The van der Waals surface area contributed by atoms with Crippen molar-refractivity contribution in [2.45, 2.75) is 45.1 Å². The SMILES string of the molecule is CNC(C)(C)C1CCc2cc(C)ccc21. The van der Waals surface area contributed by atoms with Gasteiger partial charge >= 0.3 is 0 Å². The van der Waals surface area contributed by atoms with Crippen LogP contribution in [0.1, 0.15) is 42.9 Å². The molecule has 1 atom stereocenters. The summed E-state index contributed by atoms with van der Waals surface area (Å²) >= 11 is 0. The van der Waals surface area contributed by atoms with Gasteiger partial charge in [0, 0.05) is 11.5 Å². The second-order valence-electron chi connectivity index (χ2n) is 5.27. The maximum atomic E-state index is 3.44. The zero-order valence-corrected chi connectivity index (χ0v) is 10.2. The Hall–Kier alpha value is -0.820. The Balaban J connectivity index is 2.37. The van der Waals surface area contributed by atoms with Gasteiger partial charge in [0.15, 0.2) is 0 Å². The molecule has 0 bridgehead atoms. The number of hydrogen-bond donors (Lipinski definition) is 1. The van der Waals surface area contributed by atoms with Crippen LogP contribution in [-0.4, -0.2) is 12.6 Å². The van der Waals surface area contributed by atoms with Gasteiger partial charge in [0.05, 0.1) is 0 Å². The minimum absolute atomic E-state index is 0.209. The minimum atomic E-state index is 0.209. The number of likely N-dealkylation sites (N-methyl/N-ethyl adjacent to an activating group) is 1. The van der Waals surface area contributed by atoms with Gasteiger partial charge in [0.2, 0.25) is 0 Å². The molecule has 1 aromatic rings. The average Bonchev–Trinajstić information content (AvgIpc) is 2.61. The van der Waals surface area contributed by atoms with Crippen molar-refractivity contribution < 1.29 is 0 Å². The van der Waals surface area contributed by atoms with E-state index in [0.717, 1.165) is 0 Å². The molecule has 0 saturated heterocycles. The quantitative estimate of drug-likeness (QED) is 0.779. The van der Waals surface area contributed by atoms with Gasteiger partial charge in [-0.2, -0.15) is 0 Å². The van der Waals surface area contributed by atoms with Gasteiger partial charge in [0.1, 0.15) is 0 Å². The van der Waals surface area contributed by atoms with Crippen LogP contribution in [0.2, 0.25) is 0 Å². The Labute approximate surface area is 92.9 Å². The van der Waals surface area contributed by atoms with Crippen LogP contribution in [0.4, 0.5) is 0 Å². The molecule has 1 nitrogen and oxygen atoms in total. The molecule has 1 heteroatoms. The number of aryl methyl sites for hydroxylation is 2. The second-order valence-corrected chi connectivity index (χ2v) is 5.27. The lowest BCUT2D eigenvalue weighted by molar-refractivity contribution is 0.341. The molecule has 1 aliphatic rings. The third-order valence-corrected chi connectivity index (χ3v) is 3.89. The summed E-state index contributed by atoms with van der Waals surface area (Å²) in [6, 6.07) is 6.91. The molecule has 0 saturated carbocycles. The molecule has 15 heavy (non-hydrogen) atoms. The summed E-state index contributed by atoms with van der Waals surface area (Å²) in [5.74, 6) is 0.665. The van der Waals surface area contributed by atoms with Crippen LogP contribution < -0.4 is 5.32 Å². The Bertz CT molecular complexity index is 366. The van der Waals surface area contributed by atoms with Crippen molar-refractivity contribution in [2.75, 3.05) is 7.05 Å². The van der Waals surface area contributed by atoms with Crippen LogP contribution in [0.3, 0.4) is 0 Å². The first-order valence-electron chi connectivity index (χ1n) is 5.83. The highest BCUT2D eigenvalue weighted by Crippen LogP contribution is 2.40. The van der Waals surface area contributed by atoms with Crippen molar-refractivity contribution in [1.82, 2.24) is 5.32 Å². The standard InChI is InChI=1S/C14H21N/c1-10-5-7-12-11(9-10)6-8-13(12)14(2,3)15-4/h5,7,9,13,15H,6,8H2,1-4H3. The lowest BCUT2D eigenvalue weighted by atomic mass is 9.83. The zero-order valence-electron chi connectivity index (χ0n) is 10.2. The van der Waals surface area contributed by atoms with Crippen LogP contribution in [0, 0.1) is 6.92 Å². The lowest BCUT2D eigenvalue weighted by Crippen LogP contribution is -2.41. The molecule has 0 fully saturated rings. The Kier molecular flexibility index (Phi) is 2.59. The van der Waals surface area contributed by atoms with Gasteiger partial charge in [-0.25, -0.2) is 0 Å². The van der Waals surface area contributed by atoms with E-state index in [9.17, 15) is 0 Å². The Morgan fingerprint density at radius 2 is 2.07 bits per heavy atom. The summed E-state index contributed by atoms with van der Waals surface area (Å²) in [6.45, 7) is 6.77. The molecule has 0 aromatic heterocycles. The van der Waals surface area contributed by atoms with Gasteiger partial charge in [-0.1, -0.05) is 23.8 Å². The van der Waals surface area contributed by atoms with Gasteiger partial charge in [0.25, 0.3) is 0 Å². The summed E-state index contributed by atoms with van der Waals surface area (Å²) in [7, 11) is 2.06. The van der Waals surface area contributed by atoms with Gasteiger partial charge in [-0.15, -0.1) is 0 Å². The molecule has 0 heterocycles. The summed E-state index contributed by atoms with van der Waals surface area (Å²) < 4.78 is 0. The van der Waals surface area contributed by atoms with Crippen LogP contribution in [0.25, 0.3) is 0 Å². The highest BCUT2D eigenvalue weighted by molar-refractivity contribution is 5.39. The molecule has 1 unspecified atom stereocenters. The molecule has 0 amide bonds. The highest BCUT2D eigenvalue weighted by atomic mass is 14.9. The summed E-state index contributed by atoms with van der Waals surface area (Å²) in [5.41, 5.74) is 4.71. The number of nitrogens with one attached hydrogen (secondary N) is 1. The summed E-state index contributed by atoms with van der Waals surface area (Å²) in [4.78, 5) is 0. The zero-order chi connectivity index (χ0) is 11.1. The highest BCUT2D eigenvalue weighted by Gasteiger charge is 2.34. The largest absolute Gasteiger partial charge is 0.314 e. The molecule has 1 aromatic carbocycles. The molecule has 2 rings (SSSR count). The molecule has 0 spiro atoms. The normalized spacial score (nSPS) is 20.4. The van der Waals surface area contributed by atoms with E-state index in [1.54, 1.807) is 11.1 Å². The fraction of sp³-hybridized carbons (Fsp3) is 0.571. The number of hydrogen-bond acceptors (Lipinski definition) is 1. The molecular weight excluding hydrogens is 182 g/mol. The van der Waals surface area contributed by atoms with Crippen molar-refractivity contribution in [3.63, 3.8) is 0 Å². The van der Waals surface area contributed by atoms with E-state index in [2.05, 4.69) is 51.3 Å². The molecule has 82 valence electrons. The van der Waals surface area contributed by atoms with E-state index in [1.807, 2.05) is 0 Å². The smallest absolute Gasteiger partial charge is 0.0190 e. The van der Waals surface area contributed by atoms with Crippen molar-refractivity contribution in [3.8, 4) is 0 Å². The van der Waals surface area contributed by atoms with Crippen LogP contribution in [0.15, 0.2) is 18.2 Å². The van der Waals surface area contributed by atoms with E-state index < -0.39 is 0 Å². The first-order valence-corrected chi connectivity index (χ1v) is 5.83. The maximum absolute atomic E-state index is 3.44. The number of fused-ring (bicyclic) bond motifs is 1. The van der Waals surface area contributed by atoms with E-state index >= 15 is 0 Å². The van der Waals surface area contributed by atoms with Crippen molar-refractivity contribution >= 4 is 0 Å². The Morgan fingerprint density at radius 1 is 1.33 bits per heavy atom. The summed E-state index contributed by atoms with van der Waals surface area (Å²) in [5, 5.41) is 3.44.